The van der Waals surface area contributed by atoms with Crippen LogP contribution in [0.3, 0.4) is 0 Å². The van der Waals surface area contributed by atoms with E-state index in [0.29, 0.717) is 0 Å². The first kappa shape index (κ1) is 14.6. The van der Waals surface area contributed by atoms with Crippen LogP contribution in [0.4, 0.5) is 0 Å². The van der Waals surface area contributed by atoms with Gasteiger partial charge in [0.25, 0.3) is 0 Å². The van der Waals surface area contributed by atoms with Crippen molar-refractivity contribution in [3.05, 3.63) is 0 Å². The van der Waals surface area contributed by atoms with Crippen molar-refractivity contribution in [3.8, 4) is 0 Å². The molecule has 16 heavy (non-hydrogen) atoms. The van der Waals surface area contributed by atoms with Crippen molar-refractivity contribution in [2.45, 2.75) is 83.2 Å². The van der Waals surface area contributed by atoms with Gasteiger partial charge in [0.15, 0.2) is 0 Å². The number of rotatable bonds is 3. The summed E-state index contributed by atoms with van der Waals surface area (Å²) in [6.45, 7) is 3.65. The van der Waals surface area contributed by atoms with Gasteiger partial charge in [0, 0.05) is 30.6 Å². The summed E-state index contributed by atoms with van der Waals surface area (Å²) in [7, 11) is 0. The van der Waals surface area contributed by atoms with Crippen molar-refractivity contribution in [3.63, 3.8) is 0 Å². The van der Waals surface area contributed by atoms with E-state index in [0.717, 1.165) is 12.1 Å². The standard InChI is InChI=1S/C14H27N.V/c1-2-15(13-9-5-3-6-10-13)14-11-7-4-8-12-14;/h13-14H,2-12H2,1H3;. The van der Waals surface area contributed by atoms with Crippen molar-refractivity contribution in [2.75, 3.05) is 6.54 Å². The van der Waals surface area contributed by atoms with E-state index in [9.17, 15) is 0 Å². The molecule has 0 spiro atoms. The summed E-state index contributed by atoms with van der Waals surface area (Å²) in [5, 5.41) is 0. The van der Waals surface area contributed by atoms with E-state index < -0.39 is 0 Å². The van der Waals surface area contributed by atoms with E-state index in [4.69, 9.17) is 0 Å². The van der Waals surface area contributed by atoms with E-state index in [2.05, 4.69) is 11.8 Å². The van der Waals surface area contributed by atoms with Crippen LogP contribution in [-0.4, -0.2) is 23.5 Å². The molecule has 0 aliphatic heterocycles. The average molecular weight is 260 g/mol. The molecule has 0 heterocycles. The molecule has 2 rings (SSSR count). The van der Waals surface area contributed by atoms with Crippen molar-refractivity contribution in [2.24, 2.45) is 0 Å². The van der Waals surface area contributed by atoms with Crippen LogP contribution >= 0.6 is 0 Å². The van der Waals surface area contributed by atoms with Crippen LogP contribution in [0, 0.1) is 0 Å². The minimum absolute atomic E-state index is 0. The van der Waals surface area contributed by atoms with Gasteiger partial charge in [-0.15, -0.1) is 0 Å². The fourth-order valence-corrected chi connectivity index (χ4v) is 3.64. The Bertz CT molecular complexity index is 154. The summed E-state index contributed by atoms with van der Waals surface area (Å²) >= 11 is 0. The van der Waals surface area contributed by atoms with Crippen LogP contribution in [0.15, 0.2) is 0 Å². The molecule has 1 nitrogen and oxygen atoms in total. The van der Waals surface area contributed by atoms with Gasteiger partial charge >= 0.3 is 0 Å². The zero-order valence-corrected chi connectivity index (χ0v) is 12.2. The average Bonchev–Trinajstić information content (AvgIpc) is 2.33. The second kappa shape index (κ2) is 7.79. The maximum Gasteiger partial charge on any atom is 0.00980 e. The van der Waals surface area contributed by atoms with Gasteiger partial charge in [-0.1, -0.05) is 45.4 Å². The van der Waals surface area contributed by atoms with E-state index in [1.807, 2.05) is 0 Å². The third kappa shape index (κ3) is 3.79. The van der Waals surface area contributed by atoms with E-state index in [1.165, 1.54) is 70.8 Å². The maximum absolute atomic E-state index is 2.85. The van der Waals surface area contributed by atoms with E-state index >= 15 is 0 Å². The quantitative estimate of drug-likeness (QED) is 0.742. The minimum Gasteiger partial charge on any atom is -0.298 e. The van der Waals surface area contributed by atoms with E-state index in [-0.39, 0.29) is 18.6 Å². The van der Waals surface area contributed by atoms with Gasteiger partial charge in [0.2, 0.25) is 0 Å². The third-order valence-electron chi connectivity index (χ3n) is 4.45. The van der Waals surface area contributed by atoms with Gasteiger partial charge in [-0.2, -0.15) is 0 Å². The minimum atomic E-state index is 0. The van der Waals surface area contributed by atoms with Crippen LogP contribution in [0.25, 0.3) is 0 Å². The predicted molar refractivity (Wildman–Crippen MR) is 66.1 cm³/mol. The first-order chi connectivity index (χ1) is 7.42. The fraction of sp³-hybridized carbons (Fsp3) is 1.00. The molecule has 0 saturated heterocycles. The predicted octanol–water partition coefficient (Wildman–Crippen LogP) is 3.97. The second-order valence-corrected chi connectivity index (χ2v) is 5.41. The summed E-state index contributed by atoms with van der Waals surface area (Å²) in [4.78, 5) is 2.85. The number of hydrogen-bond donors (Lipinski definition) is 0. The molecule has 0 unspecified atom stereocenters. The van der Waals surface area contributed by atoms with Crippen LogP contribution < -0.4 is 0 Å². The SMILES string of the molecule is CCN(C1CCCCC1)C1CCCCC1.[V]. The van der Waals surface area contributed by atoms with Crippen LogP contribution in [0.5, 0.6) is 0 Å². The molecule has 0 aromatic carbocycles. The molecule has 0 aromatic heterocycles. The Kier molecular flexibility index (Phi) is 7.11. The molecule has 2 aliphatic carbocycles. The van der Waals surface area contributed by atoms with Gasteiger partial charge in [-0.3, -0.25) is 4.90 Å². The molecule has 0 N–H and O–H groups in total. The Morgan fingerprint density at radius 2 is 1.12 bits per heavy atom. The molecule has 0 aromatic rings. The molecule has 93 valence electrons. The van der Waals surface area contributed by atoms with Crippen LogP contribution in [0.2, 0.25) is 0 Å². The molecule has 0 amide bonds. The zero-order chi connectivity index (χ0) is 10.5. The largest absolute Gasteiger partial charge is 0.298 e. The third-order valence-corrected chi connectivity index (χ3v) is 4.45. The Morgan fingerprint density at radius 1 is 0.750 bits per heavy atom. The van der Waals surface area contributed by atoms with Crippen molar-refractivity contribution >= 4 is 0 Å². The van der Waals surface area contributed by atoms with Gasteiger partial charge in [0.05, 0.1) is 0 Å². The second-order valence-electron chi connectivity index (χ2n) is 5.41. The Labute approximate surface area is 113 Å². The number of nitrogens with zero attached hydrogens (tertiary/aromatic N) is 1. The van der Waals surface area contributed by atoms with Crippen LogP contribution in [0.1, 0.15) is 71.1 Å². The summed E-state index contributed by atoms with van der Waals surface area (Å²) in [6, 6.07) is 1.87. The Balaban J connectivity index is 0.00000128. The molecule has 2 aliphatic rings. The molecule has 2 heteroatoms. The van der Waals surface area contributed by atoms with Gasteiger partial charge in [-0.05, 0) is 32.2 Å². The van der Waals surface area contributed by atoms with Gasteiger partial charge < -0.3 is 0 Å². The summed E-state index contributed by atoms with van der Waals surface area (Å²) < 4.78 is 0. The fourth-order valence-electron chi connectivity index (χ4n) is 3.64. The smallest absolute Gasteiger partial charge is 0.00980 e. The number of hydrogen-bond acceptors (Lipinski definition) is 1. The molecule has 0 atom stereocenters. The Morgan fingerprint density at radius 3 is 1.44 bits per heavy atom. The Hall–Kier alpha value is 0.544. The molecule has 0 bridgehead atoms. The normalized spacial score (nSPS) is 24.4. The summed E-state index contributed by atoms with van der Waals surface area (Å²) in [5.74, 6) is 0. The molecule has 1 radical (unpaired) electrons. The van der Waals surface area contributed by atoms with Crippen molar-refractivity contribution in [1.29, 1.82) is 0 Å². The summed E-state index contributed by atoms with van der Waals surface area (Å²) in [6.07, 6.45) is 14.8. The first-order valence-corrected chi connectivity index (χ1v) is 7.17. The van der Waals surface area contributed by atoms with Gasteiger partial charge in [-0.25, -0.2) is 0 Å². The van der Waals surface area contributed by atoms with Crippen molar-refractivity contribution in [1.82, 2.24) is 4.90 Å². The molecule has 2 saturated carbocycles. The molecular formula is C14H27NV. The zero-order valence-electron chi connectivity index (χ0n) is 10.8. The monoisotopic (exact) mass is 260 g/mol. The molecule has 2 fully saturated rings. The van der Waals surface area contributed by atoms with Crippen molar-refractivity contribution < 1.29 is 18.6 Å². The topological polar surface area (TPSA) is 3.24 Å². The van der Waals surface area contributed by atoms with Gasteiger partial charge in [0.1, 0.15) is 0 Å². The maximum atomic E-state index is 2.85. The van der Waals surface area contributed by atoms with E-state index in [1.54, 1.807) is 0 Å². The van der Waals surface area contributed by atoms with Crippen LogP contribution in [-0.2, 0) is 18.6 Å². The first-order valence-electron chi connectivity index (χ1n) is 7.17. The summed E-state index contributed by atoms with van der Waals surface area (Å²) in [5.41, 5.74) is 0. The molecular weight excluding hydrogens is 233 g/mol.